The molecule has 1 aliphatic rings. The second-order valence-electron chi connectivity index (χ2n) is 5.26. The molecule has 2 unspecified atom stereocenters. The Morgan fingerprint density at radius 1 is 1.18 bits per heavy atom. The Labute approximate surface area is 128 Å². The van der Waals surface area contributed by atoms with Gasteiger partial charge in [0.1, 0.15) is 11.7 Å². The van der Waals surface area contributed by atoms with E-state index in [9.17, 15) is 14.0 Å². The zero-order valence-corrected chi connectivity index (χ0v) is 13.8. The third-order valence-electron chi connectivity index (χ3n) is 3.43. The summed E-state index contributed by atoms with van der Waals surface area (Å²) in [6.45, 7) is 2.00. The minimum Gasteiger partial charge on any atom is -0.424 e. The van der Waals surface area contributed by atoms with E-state index in [0.29, 0.717) is 5.75 Å². The summed E-state index contributed by atoms with van der Waals surface area (Å²) in [7, 11) is -7.48. The molecule has 0 spiro atoms. The van der Waals surface area contributed by atoms with Crippen molar-refractivity contribution in [2.24, 2.45) is 0 Å². The minimum absolute atomic E-state index is 0.112. The third-order valence-corrected chi connectivity index (χ3v) is 8.45. The molecule has 0 saturated heterocycles. The fourth-order valence-corrected chi connectivity index (χ4v) is 6.79. The van der Waals surface area contributed by atoms with E-state index in [1.807, 2.05) is 13.0 Å². The Kier molecular flexibility index (Phi) is 4.00. The number of benzene rings is 2. The molecule has 5 nitrogen and oxygen atoms in total. The van der Waals surface area contributed by atoms with E-state index in [1.165, 1.54) is 0 Å². The zero-order valence-electron chi connectivity index (χ0n) is 12.0. The first-order chi connectivity index (χ1) is 10.4. The molecule has 1 N–H and O–H groups in total. The maximum absolute atomic E-state index is 12.7. The Bertz CT molecular complexity index is 785. The predicted molar refractivity (Wildman–Crippen MR) is 85.0 cm³/mol. The van der Waals surface area contributed by atoms with Gasteiger partial charge in [-0.15, -0.1) is 0 Å². The number of hydrogen-bond acceptors (Lipinski definition) is 4. The summed E-state index contributed by atoms with van der Waals surface area (Å²) in [4.78, 5) is 10.3. The highest BCUT2D eigenvalue weighted by atomic mass is 31.2. The van der Waals surface area contributed by atoms with E-state index in [4.69, 9.17) is 9.05 Å². The van der Waals surface area contributed by atoms with Gasteiger partial charge in [0.05, 0.1) is 6.61 Å². The van der Waals surface area contributed by atoms with Crippen molar-refractivity contribution in [1.82, 2.24) is 0 Å². The number of aryl methyl sites for hydroxylation is 1. The van der Waals surface area contributed by atoms with Crippen molar-refractivity contribution >= 4 is 20.3 Å². The van der Waals surface area contributed by atoms with E-state index in [0.717, 1.165) is 11.1 Å². The van der Waals surface area contributed by atoms with Gasteiger partial charge in [0, 0.05) is 10.9 Å². The molecule has 1 aliphatic heterocycles. The monoisotopic (exact) mass is 338 g/mol. The van der Waals surface area contributed by atoms with Crippen molar-refractivity contribution in [3.05, 3.63) is 59.7 Å². The first kappa shape index (κ1) is 15.5. The van der Waals surface area contributed by atoms with Crippen molar-refractivity contribution in [3.8, 4) is 5.75 Å². The van der Waals surface area contributed by atoms with Gasteiger partial charge >= 0.3 is 7.60 Å². The van der Waals surface area contributed by atoms with Gasteiger partial charge in [-0.2, -0.15) is 0 Å². The molecule has 0 bridgehead atoms. The van der Waals surface area contributed by atoms with E-state index in [1.54, 1.807) is 42.5 Å². The third kappa shape index (κ3) is 3.18. The maximum Gasteiger partial charge on any atom is 0.389 e. The SMILES string of the molecule is Cc1ccc(P(=O)(O)CP2(=O)OCc3ccccc3O2)cc1. The summed E-state index contributed by atoms with van der Waals surface area (Å²) in [5.74, 6) is -0.0850. The van der Waals surface area contributed by atoms with Crippen LogP contribution in [0.2, 0.25) is 0 Å². The van der Waals surface area contributed by atoms with Crippen molar-refractivity contribution < 1.29 is 23.1 Å². The Balaban J connectivity index is 1.85. The molecule has 7 heteroatoms. The first-order valence-electron chi connectivity index (χ1n) is 6.78. The van der Waals surface area contributed by atoms with Crippen LogP contribution < -0.4 is 9.83 Å². The van der Waals surface area contributed by atoms with Gasteiger partial charge in [0.25, 0.3) is 0 Å². The lowest BCUT2D eigenvalue weighted by molar-refractivity contribution is 0.235. The lowest BCUT2D eigenvalue weighted by Crippen LogP contribution is -2.14. The molecule has 0 radical (unpaired) electrons. The minimum atomic E-state index is -3.82. The molecule has 0 fully saturated rings. The molecule has 0 saturated carbocycles. The number of para-hydroxylation sites is 1. The van der Waals surface area contributed by atoms with Crippen LogP contribution in [0.15, 0.2) is 48.5 Å². The van der Waals surface area contributed by atoms with Crippen molar-refractivity contribution in [2.45, 2.75) is 13.5 Å². The van der Waals surface area contributed by atoms with Crippen LogP contribution in [0.3, 0.4) is 0 Å². The van der Waals surface area contributed by atoms with Gasteiger partial charge in [-0.3, -0.25) is 9.09 Å². The van der Waals surface area contributed by atoms with Gasteiger partial charge < -0.3 is 9.42 Å². The maximum atomic E-state index is 12.7. The summed E-state index contributed by atoms with van der Waals surface area (Å²) in [5.41, 5.74) is 1.76. The van der Waals surface area contributed by atoms with Crippen LogP contribution >= 0.6 is 15.0 Å². The molecule has 0 aromatic heterocycles. The molecule has 2 aromatic carbocycles. The quantitative estimate of drug-likeness (QED) is 0.865. The van der Waals surface area contributed by atoms with Gasteiger partial charge in [-0.05, 0) is 25.1 Å². The van der Waals surface area contributed by atoms with Crippen LogP contribution in [0.1, 0.15) is 11.1 Å². The highest BCUT2D eigenvalue weighted by Crippen LogP contribution is 2.62. The van der Waals surface area contributed by atoms with Crippen LogP contribution in [0.5, 0.6) is 5.75 Å². The average molecular weight is 338 g/mol. The molecular formula is C15H16O5P2. The van der Waals surface area contributed by atoms with Crippen molar-refractivity contribution in [1.29, 1.82) is 0 Å². The average Bonchev–Trinajstić information content (AvgIpc) is 2.46. The van der Waals surface area contributed by atoms with Gasteiger partial charge in [0.15, 0.2) is 0 Å². The fraction of sp³-hybridized carbons (Fsp3) is 0.200. The summed E-state index contributed by atoms with van der Waals surface area (Å²) < 4.78 is 35.9. The van der Waals surface area contributed by atoms with Crippen LogP contribution in [-0.4, -0.2) is 10.8 Å². The standard InChI is InChI=1S/C15H16O5P2/c1-12-6-8-14(9-7-12)21(16,17)11-22(18)19-10-13-4-2-3-5-15(13)20-22/h2-9H,10-11H2,1H3,(H,16,17). The molecule has 2 aromatic rings. The molecule has 3 rings (SSSR count). The predicted octanol–water partition coefficient (Wildman–Crippen LogP) is 3.65. The van der Waals surface area contributed by atoms with Gasteiger partial charge in [-0.1, -0.05) is 35.9 Å². The molecule has 0 amide bonds. The lowest BCUT2D eigenvalue weighted by Gasteiger charge is -2.27. The Morgan fingerprint density at radius 2 is 1.86 bits per heavy atom. The van der Waals surface area contributed by atoms with Crippen molar-refractivity contribution in [3.63, 3.8) is 0 Å². The summed E-state index contributed by atoms with van der Waals surface area (Å²) in [6.07, 6.45) is 0. The Morgan fingerprint density at radius 3 is 2.59 bits per heavy atom. The van der Waals surface area contributed by atoms with Crippen LogP contribution in [0.4, 0.5) is 0 Å². The summed E-state index contributed by atoms with van der Waals surface area (Å²) in [6, 6.07) is 13.7. The van der Waals surface area contributed by atoms with Crippen LogP contribution in [-0.2, 0) is 20.3 Å². The highest BCUT2D eigenvalue weighted by molar-refractivity contribution is 7.78. The summed E-state index contributed by atoms with van der Waals surface area (Å²) in [5, 5.41) is 0.249. The number of rotatable bonds is 3. The van der Waals surface area contributed by atoms with Crippen LogP contribution in [0, 0.1) is 6.92 Å². The van der Waals surface area contributed by atoms with Gasteiger partial charge in [0.2, 0.25) is 7.37 Å². The molecule has 116 valence electrons. The molecule has 1 heterocycles. The number of fused-ring (bicyclic) bond motifs is 1. The molecular weight excluding hydrogens is 322 g/mol. The lowest BCUT2D eigenvalue weighted by atomic mass is 10.2. The largest absolute Gasteiger partial charge is 0.424 e. The highest BCUT2D eigenvalue weighted by Gasteiger charge is 2.40. The first-order valence-corrected chi connectivity index (χ1v) is 10.4. The molecule has 2 atom stereocenters. The van der Waals surface area contributed by atoms with E-state index in [-0.39, 0.29) is 11.9 Å². The zero-order chi connectivity index (χ0) is 15.8. The number of hydrogen-bond donors (Lipinski definition) is 1. The van der Waals surface area contributed by atoms with Crippen LogP contribution in [0.25, 0.3) is 0 Å². The Hall–Kier alpha value is -1.38. The second kappa shape index (κ2) is 5.68. The normalized spacial score (nSPS) is 23.2. The second-order valence-corrected chi connectivity index (χ2v) is 9.98. The van der Waals surface area contributed by atoms with Gasteiger partial charge in [-0.25, -0.2) is 4.57 Å². The van der Waals surface area contributed by atoms with E-state index in [2.05, 4.69) is 0 Å². The fourth-order valence-electron chi connectivity index (χ4n) is 2.22. The van der Waals surface area contributed by atoms with E-state index >= 15 is 0 Å². The smallest absolute Gasteiger partial charge is 0.389 e. The summed E-state index contributed by atoms with van der Waals surface area (Å²) >= 11 is 0. The topological polar surface area (TPSA) is 72.8 Å². The molecule has 22 heavy (non-hydrogen) atoms. The van der Waals surface area contributed by atoms with E-state index < -0.39 is 20.9 Å². The molecule has 0 aliphatic carbocycles. The van der Waals surface area contributed by atoms with Crippen molar-refractivity contribution in [2.75, 3.05) is 5.90 Å².